The van der Waals surface area contributed by atoms with Gasteiger partial charge >= 0.3 is 0 Å². The number of rotatable bonds is 2. The number of nitrogens with zero attached hydrogens (tertiary/aromatic N) is 1. The summed E-state index contributed by atoms with van der Waals surface area (Å²) in [6.45, 7) is 2.61. The fourth-order valence-corrected chi connectivity index (χ4v) is 2.73. The summed E-state index contributed by atoms with van der Waals surface area (Å²) in [5.41, 5.74) is 6.36. The molecule has 1 aromatic rings. The van der Waals surface area contributed by atoms with E-state index in [9.17, 15) is 9.18 Å². The van der Waals surface area contributed by atoms with Gasteiger partial charge in [0.15, 0.2) is 0 Å². The van der Waals surface area contributed by atoms with Crippen molar-refractivity contribution in [3.8, 4) is 0 Å². The molecule has 3 nitrogen and oxygen atoms in total. The van der Waals surface area contributed by atoms with Crippen molar-refractivity contribution in [2.45, 2.75) is 38.3 Å². The second-order valence-electron chi connectivity index (χ2n) is 5.05. The van der Waals surface area contributed by atoms with Crippen LogP contribution >= 0.6 is 24.0 Å². The van der Waals surface area contributed by atoms with E-state index in [1.54, 1.807) is 4.90 Å². The van der Waals surface area contributed by atoms with Crippen LogP contribution in [0.15, 0.2) is 18.2 Å². The zero-order valence-corrected chi connectivity index (χ0v) is 12.9. The van der Waals surface area contributed by atoms with Crippen LogP contribution in [0.5, 0.6) is 0 Å². The highest BCUT2D eigenvalue weighted by Gasteiger charge is 2.29. The molecule has 2 rings (SSSR count). The first-order valence-electron chi connectivity index (χ1n) is 6.52. The molecule has 0 radical (unpaired) electrons. The van der Waals surface area contributed by atoms with Crippen molar-refractivity contribution in [1.29, 1.82) is 0 Å². The van der Waals surface area contributed by atoms with Crippen molar-refractivity contribution in [3.63, 3.8) is 0 Å². The minimum Gasteiger partial charge on any atom is -0.334 e. The fraction of sp³-hybridized carbons (Fsp3) is 0.500. The average molecular weight is 321 g/mol. The van der Waals surface area contributed by atoms with Gasteiger partial charge in [-0.25, -0.2) is 4.39 Å². The molecule has 1 amide bonds. The summed E-state index contributed by atoms with van der Waals surface area (Å²) in [6.07, 6.45) is 2.97. The molecule has 112 valence electrons. The van der Waals surface area contributed by atoms with Gasteiger partial charge in [-0.05, 0) is 44.4 Å². The Hall–Kier alpha value is -0.840. The third-order valence-corrected chi connectivity index (χ3v) is 3.87. The first-order chi connectivity index (χ1) is 9.00. The highest BCUT2D eigenvalue weighted by molar-refractivity contribution is 6.31. The van der Waals surface area contributed by atoms with E-state index in [1.165, 1.54) is 18.2 Å². The second kappa shape index (κ2) is 7.25. The Morgan fingerprint density at radius 1 is 1.50 bits per heavy atom. The molecule has 1 aromatic carbocycles. The molecule has 0 saturated carbocycles. The molecule has 1 heterocycles. The number of carbonyl (C=O) groups excluding carboxylic acids is 1. The van der Waals surface area contributed by atoms with Gasteiger partial charge in [-0.3, -0.25) is 4.79 Å². The maximum atomic E-state index is 13.1. The Labute approximate surface area is 129 Å². The maximum absolute atomic E-state index is 13.1. The zero-order chi connectivity index (χ0) is 14.0. The molecule has 1 aliphatic heterocycles. The summed E-state index contributed by atoms with van der Waals surface area (Å²) < 4.78 is 13.1. The van der Waals surface area contributed by atoms with Gasteiger partial charge in [0, 0.05) is 24.2 Å². The van der Waals surface area contributed by atoms with Crippen molar-refractivity contribution >= 4 is 29.9 Å². The summed E-state index contributed by atoms with van der Waals surface area (Å²) in [5, 5.41) is -0.0276. The smallest absolute Gasteiger partial charge is 0.254 e. The lowest BCUT2D eigenvalue weighted by molar-refractivity contribution is 0.0584. The second-order valence-corrected chi connectivity index (χ2v) is 5.46. The van der Waals surface area contributed by atoms with Gasteiger partial charge in [-0.1, -0.05) is 11.6 Å². The number of piperidine rings is 1. The third kappa shape index (κ3) is 3.62. The molecule has 0 spiro atoms. The van der Waals surface area contributed by atoms with E-state index in [2.05, 4.69) is 0 Å². The molecular weight excluding hydrogens is 302 g/mol. The number of carbonyl (C=O) groups is 1. The van der Waals surface area contributed by atoms with Crippen LogP contribution in [-0.4, -0.2) is 29.4 Å². The van der Waals surface area contributed by atoms with E-state index in [4.69, 9.17) is 17.3 Å². The standard InChI is InChI=1S/C14H18ClFN2O.ClH/c1-9(17)13-4-2-3-7-18(13)14(19)10-5-6-12(16)11(15)8-10;/h5-6,8-9,13H,2-4,7,17H2,1H3;1H. The molecule has 1 fully saturated rings. The van der Waals surface area contributed by atoms with Gasteiger partial charge in [0.1, 0.15) is 5.82 Å². The molecule has 6 heteroatoms. The minimum atomic E-state index is -0.513. The van der Waals surface area contributed by atoms with Crippen LogP contribution in [0.1, 0.15) is 36.5 Å². The van der Waals surface area contributed by atoms with Gasteiger partial charge in [0.25, 0.3) is 5.91 Å². The van der Waals surface area contributed by atoms with Gasteiger partial charge in [0.05, 0.1) is 5.02 Å². The van der Waals surface area contributed by atoms with E-state index >= 15 is 0 Å². The van der Waals surface area contributed by atoms with Crippen LogP contribution in [0.2, 0.25) is 5.02 Å². The van der Waals surface area contributed by atoms with E-state index in [0.717, 1.165) is 19.3 Å². The predicted octanol–water partition coefficient (Wildman–Crippen LogP) is 3.24. The highest BCUT2D eigenvalue weighted by atomic mass is 35.5. The van der Waals surface area contributed by atoms with Crippen molar-refractivity contribution in [1.82, 2.24) is 4.90 Å². The number of hydrogen-bond donors (Lipinski definition) is 1. The van der Waals surface area contributed by atoms with Crippen LogP contribution in [0.25, 0.3) is 0 Å². The lowest BCUT2D eigenvalue weighted by atomic mass is 9.96. The van der Waals surface area contributed by atoms with Crippen LogP contribution in [0, 0.1) is 5.82 Å². The molecule has 1 aliphatic rings. The normalized spacial score (nSPS) is 20.2. The van der Waals surface area contributed by atoms with Crippen LogP contribution < -0.4 is 5.73 Å². The minimum absolute atomic E-state index is 0. The van der Waals surface area contributed by atoms with Crippen LogP contribution in [-0.2, 0) is 0 Å². The maximum Gasteiger partial charge on any atom is 0.254 e. The van der Waals surface area contributed by atoms with Gasteiger partial charge in [-0.15, -0.1) is 12.4 Å². The molecule has 0 bridgehead atoms. The summed E-state index contributed by atoms with van der Waals surface area (Å²) in [5.74, 6) is -0.635. The Bertz CT molecular complexity index is 482. The number of halogens is 3. The Kier molecular flexibility index (Phi) is 6.24. The number of benzene rings is 1. The quantitative estimate of drug-likeness (QED) is 0.909. The lowest BCUT2D eigenvalue weighted by Crippen LogP contribution is -2.51. The number of hydrogen-bond acceptors (Lipinski definition) is 2. The molecule has 2 unspecified atom stereocenters. The molecule has 2 atom stereocenters. The van der Waals surface area contributed by atoms with Gasteiger partial charge in [0.2, 0.25) is 0 Å². The molecule has 0 aromatic heterocycles. The number of likely N-dealkylation sites (tertiary alicyclic amines) is 1. The summed E-state index contributed by atoms with van der Waals surface area (Å²) in [7, 11) is 0. The van der Waals surface area contributed by atoms with E-state index in [-0.39, 0.29) is 35.4 Å². The van der Waals surface area contributed by atoms with Crippen LogP contribution in [0.4, 0.5) is 4.39 Å². The summed E-state index contributed by atoms with van der Waals surface area (Å²) in [6, 6.07) is 4.05. The van der Waals surface area contributed by atoms with E-state index in [1.807, 2.05) is 6.92 Å². The number of nitrogens with two attached hydrogens (primary N) is 1. The van der Waals surface area contributed by atoms with Crippen LogP contribution in [0.3, 0.4) is 0 Å². The Balaban J connectivity index is 0.00000200. The molecule has 2 N–H and O–H groups in total. The Morgan fingerprint density at radius 2 is 2.20 bits per heavy atom. The van der Waals surface area contributed by atoms with Crippen molar-refractivity contribution < 1.29 is 9.18 Å². The SMILES string of the molecule is CC(N)C1CCCCN1C(=O)c1ccc(F)c(Cl)c1.Cl. The fourth-order valence-electron chi connectivity index (χ4n) is 2.55. The topological polar surface area (TPSA) is 46.3 Å². The van der Waals surface area contributed by atoms with E-state index < -0.39 is 5.82 Å². The monoisotopic (exact) mass is 320 g/mol. The Morgan fingerprint density at radius 3 is 2.80 bits per heavy atom. The largest absolute Gasteiger partial charge is 0.334 e. The number of amides is 1. The van der Waals surface area contributed by atoms with Crippen molar-refractivity contribution in [2.24, 2.45) is 5.73 Å². The van der Waals surface area contributed by atoms with Gasteiger partial charge < -0.3 is 10.6 Å². The average Bonchev–Trinajstić information content (AvgIpc) is 2.41. The zero-order valence-electron chi connectivity index (χ0n) is 11.3. The first-order valence-corrected chi connectivity index (χ1v) is 6.90. The highest BCUT2D eigenvalue weighted by Crippen LogP contribution is 2.23. The summed E-state index contributed by atoms with van der Waals surface area (Å²) in [4.78, 5) is 14.3. The molecular formula is C14H19Cl2FN2O. The molecule has 20 heavy (non-hydrogen) atoms. The molecule has 0 aliphatic carbocycles. The first kappa shape index (κ1) is 17.2. The van der Waals surface area contributed by atoms with Gasteiger partial charge in [-0.2, -0.15) is 0 Å². The third-order valence-electron chi connectivity index (χ3n) is 3.58. The molecule has 1 saturated heterocycles. The van der Waals surface area contributed by atoms with Crippen molar-refractivity contribution in [3.05, 3.63) is 34.6 Å². The predicted molar refractivity (Wildman–Crippen MR) is 81.0 cm³/mol. The van der Waals surface area contributed by atoms with E-state index in [0.29, 0.717) is 12.1 Å². The lowest BCUT2D eigenvalue weighted by Gasteiger charge is -2.38. The van der Waals surface area contributed by atoms with Crippen molar-refractivity contribution in [2.75, 3.05) is 6.54 Å². The summed E-state index contributed by atoms with van der Waals surface area (Å²) >= 11 is 5.73.